The highest BCUT2D eigenvalue weighted by Gasteiger charge is 2.27. The predicted molar refractivity (Wildman–Crippen MR) is 94.2 cm³/mol. The van der Waals surface area contributed by atoms with Crippen LogP contribution in [0.4, 0.5) is 5.69 Å². The number of nitrogens with one attached hydrogen (secondary N) is 1. The Morgan fingerprint density at radius 2 is 2.04 bits per heavy atom. The fraction of sp³-hybridized carbons (Fsp3) is 0.368. The van der Waals surface area contributed by atoms with Gasteiger partial charge >= 0.3 is 0 Å². The Morgan fingerprint density at radius 3 is 2.67 bits per heavy atom. The largest absolute Gasteiger partial charge is 0.439 e. The van der Waals surface area contributed by atoms with E-state index >= 15 is 0 Å². The molecule has 1 aromatic heterocycles. The summed E-state index contributed by atoms with van der Waals surface area (Å²) in [6, 6.07) is 9.62. The summed E-state index contributed by atoms with van der Waals surface area (Å²) in [6.45, 7) is 4.11. The third kappa shape index (κ3) is 3.92. The lowest BCUT2D eigenvalue weighted by atomic mass is 10.1. The van der Waals surface area contributed by atoms with Gasteiger partial charge in [0.05, 0.1) is 11.9 Å². The maximum absolute atomic E-state index is 12.2. The Labute approximate surface area is 142 Å². The summed E-state index contributed by atoms with van der Waals surface area (Å²) in [4.78, 5) is 16.4. The first-order valence-corrected chi connectivity index (χ1v) is 8.29. The molecule has 1 aliphatic rings. The highest BCUT2D eigenvalue weighted by Crippen LogP contribution is 2.26. The monoisotopic (exact) mass is 325 g/mol. The number of ether oxygens (including phenoxy) is 1. The van der Waals surface area contributed by atoms with Gasteiger partial charge in [0.1, 0.15) is 5.75 Å². The van der Waals surface area contributed by atoms with E-state index in [2.05, 4.69) is 17.2 Å². The molecule has 24 heavy (non-hydrogen) atoms. The number of benzene rings is 1. The molecule has 126 valence electrons. The van der Waals surface area contributed by atoms with Crippen LogP contribution in [0, 0.1) is 19.8 Å². The number of amides is 1. The van der Waals surface area contributed by atoms with Crippen LogP contribution in [0.25, 0.3) is 0 Å². The number of hydrogen-bond donors (Lipinski definition) is 2. The molecular formula is C19H23N3O2. The summed E-state index contributed by atoms with van der Waals surface area (Å²) in [5, 5.41) is 2.90. The van der Waals surface area contributed by atoms with Crippen LogP contribution in [0.3, 0.4) is 0 Å². The number of hydrogen-bond acceptors (Lipinski definition) is 4. The number of pyridine rings is 1. The van der Waals surface area contributed by atoms with Crippen LogP contribution in [-0.4, -0.2) is 16.9 Å². The van der Waals surface area contributed by atoms with Crippen molar-refractivity contribution in [1.29, 1.82) is 0 Å². The molecule has 1 heterocycles. The van der Waals surface area contributed by atoms with Gasteiger partial charge in [0.2, 0.25) is 11.8 Å². The SMILES string of the molecule is Cc1ccc(Oc2ccc(NC(=O)C3CCC(N)C3)cn2)cc1C. The zero-order valence-corrected chi connectivity index (χ0v) is 14.1. The number of carbonyl (C=O) groups excluding carboxylic acids is 1. The molecule has 2 aromatic rings. The van der Waals surface area contributed by atoms with Crippen molar-refractivity contribution in [2.75, 3.05) is 5.32 Å². The molecule has 3 rings (SSSR count). The lowest BCUT2D eigenvalue weighted by Crippen LogP contribution is -2.23. The second kappa shape index (κ2) is 7.01. The van der Waals surface area contributed by atoms with Crippen molar-refractivity contribution in [3.8, 4) is 11.6 Å². The highest BCUT2D eigenvalue weighted by atomic mass is 16.5. The maximum Gasteiger partial charge on any atom is 0.227 e. The van der Waals surface area contributed by atoms with Crippen LogP contribution in [0.1, 0.15) is 30.4 Å². The normalized spacial score (nSPS) is 20.0. The topological polar surface area (TPSA) is 77.2 Å². The standard InChI is InChI=1S/C19H23N3O2/c1-12-3-7-17(9-13(12)2)24-18-8-6-16(11-21-18)22-19(23)14-4-5-15(20)10-14/h3,6-9,11,14-15H,4-5,10,20H2,1-2H3,(H,22,23). The number of nitrogens with two attached hydrogens (primary N) is 1. The quantitative estimate of drug-likeness (QED) is 0.901. The van der Waals surface area contributed by atoms with Gasteiger partial charge in [-0.05, 0) is 62.4 Å². The number of nitrogens with zero attached hydrogens (tertiary/aromatic N) is 1. The highest BCUT2D eigenvalue weighted by molar-refractivity contribution is 5.92. The van der Waals surface area contributed by atoms with E-state index in [1.807, 2.05) is 25.1 Å². The fourth-order valence-electron chi connectivity index (χ4n) is 2.91. The summed E-state index contributed by atoms with van der Waals surface area (Å²) in [5.41, 5.74) is 8.93. The molecule has 0 aliphatic heterocycles. The molecule has 1 fully saturated rings. The molecule has 2 atom stereocenters. The molecule has 2 unspecified atom stereocenters. The molecule has 0 bridgehead atoms. The molecule has 1 aliphatic carbocycles. The Hall–Kier alpha value is -2.40. The van der Waals surface area contributed by atoms with E-state index < -0.39 is 0 Å². The molecule has 0 saturated heterocycles. The van der Waals surface area contributed by atoms with Crippen molar-refractivity contribution in [3.63, 3.8) is 0 Å². The smallest absolute Gasteiger partial charge is 0.227 e. The van der Waals surface area contributed by atoms with Crippen molar-refractivity contribution < 1.29 is 9.53 Å². The van der Waals surface area contributed by atoms with Crippen molar-refractivity contribution in [2.45, 2.75) is 39.2 Å². The van der Waals surface area contributed by atoms with Crippen molar-refractivity contribution in [2.24, 2.45) is 11.7 Å². The molecule has 1 amide bonds. The lowest BCUT2D eigenvalue weighted by Gasteiger charge is -2.11. The summed E-state index contributed by atoms with van der Waals surface area (Å²) < 4.78 is 5.75. The Morgan fingerprint density at radius 1 is 1.21 bits per heavy atom. The maximum atomic E-state index is 12.2. The molecule has 5 nitrogen and oxygen atoms in total. The van der Waals surface area contributed by atoms with Crippen molar-refractivity contribution in [1.82, 2.24) is 4.98 Å². The number of rotatable bonds is 4. The van der Waals surface area contributed by atoms with Crippen LogP contribution in [0.2, 0.25) is 0 Å². The average Bonchev–Trinajstić information content (AvgIpc) is 2.99. The molecule has 5 heteroatoms. The second-order valence-electron chi connectivity index (χ2n) is 6.49. The van der Waals surface area contributed by atoms with Crippen LogP contribution < -0.4 is 15.8 Å². The van der Waals surface area contributed by atoms with Gasteiger partial charge in [0.15, 0.2) is 0 Å². The minimum absolute atomic E-state index is 0.00598. The van der Waals surface area contributed by atoms with Crippen molar-refractivity contribution in [3.05, 3.63) is 47.7 Å². The van der Waals surface area contributed by atoms with Gasteiger partial charge in [-0.1, -0.05) is 6.07 Å². The third-order valence-electron chi connectivity index (χ3n) is 4.55. The number of aryl methyl sites for hydroxylation is 2. The van der Waals surface area contributed by atoms with Gasteiger partial charge in [-0.25, -0.2) is 4.98 Å². The van der Waals surface area contributed by atoms with E-state index in [0.717, 1.165) is 25.0 Å². The zero-order chi connectivity index (χ0) is 17.1. The van der Waals surface area contributed by atoms with Crippen LogP contribution in [0.5, 0.6) is 11.6 Å². The molecule has 0 spiro atoms. The summed E-state index contributed by atoms with van der Waals surface area (Å²) >= 11 is 0. The van der Waals surface area contributed by atoms with E-state index in [-0.39, 0.29) is 17.9 Å². The summed E-state index contributed by atoms with van der Waals surface area (Å²) in [6.07, 6.45) is 4.14. The summed E-state index contributed by atoms with van der Waals surface area (Å²) in [5.74, 6) is 1.28. The molecule has 1 aromatic carbocycles. The predicted octanol–water partition coefficient (Wildman–Crippen LogP) is 3.56. The average molecular weight is 325 g/mol. The van der Waals surface area contributed by atoms with Gasteiger partial charge in [-0.3, -0.25) is 4.79 Å². The van der Waals surface area contributed by atoms with Gasteiger partial charge < -0.3 is 15.8 Å². The Kier molecular flexibility index (Phi) is 4.81. The van der Waals surface area contributed by atoms with Gasteiger partial charge in [-0.15, -0.1) is 0 Å². The first kappa shape index (κ1) is 16.5. The van der Waals surface area contributed by atoms with Crippen LogP contribution in [-0.2, 0) is 4.79 Å². The fourth-order valence-corrected chi connectivity index (χ4v) is 2.91. The first-order valence-electron chi connectivity index (χ1n) is 8.29. The summed E-state index contributed by atoms with van der Waals surface area (Å²) in [7, 11) is 0. The molecule has 3 N–H and O–H groups in total. The second-order valence-corrected chi connectivity index (χ2v) is 6.49. The zero-order valence-electron chi connectivity index (χ0n) is 14.1. The lowest BCUT2D eigenvalue weighted by molar-refractivity contribution is -0.119. The molecular weight excluding hydrogens is 302 g/mol. The third-order valence-corrected chi connectivity index (χ3v) is 4.55. The van der Waals surface area contributed by atoms with E-state index in [9.17, 15) is 4.79 Å². The molecule has 0 radical (unpaired) electrons. The van der Waals surface area contributed by atoms with Gasteiger partial charge in [-0.2, -0.15) is 0 Å². The minimum Gasteiger partial charge on any atom is -0.439 e. The van der Waals surface area contributed by atoms with E-state index in [1.165, 1.54) is 11.1 Å². The molecule has 1 saturated carbocycles. The van der Waals surface area contributed by atoms with E-state index in [1.54, 1.807) is 18.3 Å². The Balaban J connectivity index is 1.60. The van der Waals surface area contributed by atoms with E-state index in [4.69, 9.17) is 10.5 Å². The minimum atomic E-state index is 0.00598. The number of anilines is 1. The number of carbonyl (C=O) groups is 1. The van der Waals surface area contributed by atoms with Gasteiger partial charge in [0.25, 0.3) is 0 Å². The van der Waals surface area contributed by atoms with Crippen LogP contribution in [0.15, 0.2) is 36.5 Å². The van der Waals surface area contributed by atoms with Gasteiger partial charge in [0, 0.05) is 18.0 Å². The number of aromatic nitrogens is 1. The van der Waals surface area contributed by atoms with Crippen molar-refractivity contribution >= 4 is 11.6 Å². The first-order chi connectivity index (χ1) is 11.5. The Bertz CT molecular complexity index is 728. The van der Waals surface area contributed by atoms with E-state index in [0.29, 0.717) is 11.6 Å². The van der Waals surface area contributed by atoms with Crippen LogP contribution >= 0.6 is 0 Å².